The largest absolute Gasteiger partial charge is 0.341 e. The zero-order chi connectivity index (χ0) is 15.5. The molecule has 1 saturated heterocycles. The summed E-state index contributed by atoms with van der Waals surface area (Å²) < 4.78 is 25.9. The van der Waals surface area contributed by atoms with Crippen LogP contribution < -0.4 is 0 Å². The lowest BCUT2D eigenvalue weighted by Gasteiger charge is -2.32. The fourth-order valence-corrected chi connectivity index (χ4v) is 3.71. The molecule has 2 rings (SSSR count). The lowest BCUT2D eigenvalue weighted by Crippen LogP contribution is -2.45. The summed E-state index contributed by atoms with van der Waals surface area (Å²) in [6, 6.07) is 8.20. The number of likely N-dealkylation sites (tertiary alicyclic amines) is 1. The second-order valence-electron chi connectivity index (χ2n) is 5.66. The quantitative estimate of drug-likeness (QED) is 0.848. The molecule has 1 aromatic rings. The van der Waals surface area contributed by atoms with E-state index in [1.54, 1.807) is 35.2 Å². The highest BCUT2D eigenvalue weighted by molar-refractivity contribution is 7.89. The maximum absolute atomic E-state index is 12.4. The van der Waals surface area contributed by atoms with Gasteiger partial charge in [0.1, 0.15) is 0 Å². The molecule has 0 N–H and O–H groups in total. The van der Waals surface area contributed by atoms with E-state index in [0.717, 1.165) is 30.2 Å². The van der Waals surface area contributed by atoms with E-state index < -0.39 is 10.0 Å². The summed E-state index contributed by atoms with van der Waals surface area (Å²) in [6.07, 6.45) is 2.12. The Balaban J connectivity index is 2.04. The van der Waals surface area contributed by atoms with Gasteiger partial charge >= 0.3 is 0 Å². The molecular weight excluding hydrogens is 288 g/mol. The van der Waals surface area contributed by atoms with Crippen LogP contribution in [0, 0.1) is 5.92 Å². The predicted octanol–water partition coefficient (Wildman–Crippen LogP) is 1.57. The highest BCUT2D eigenvalue weighted by atomic mass is 32.2. The van der Waals surface area contributed by atoms with E-state index in [9.17, 15) is 13.2 Å². The van der Waals surface area contributed by atoms with Crippen molar-refractivity contribution in [2.24, 2.45) is 5.92 Å². The third-order valence-electron chi connectivity index (χ3n) is 3.82. The number of likely N-dealkylation sites (N-methyl/N-ethyl adjacent to an activating group) is 1. The van der Waals surface area contributed by atoms with Crippen LogP contribution in [0.3, 0.4) is 0 Å². The van der Waals surface area contributed by atoms with E-state index in [1.165, 1.54) is 7.05 Å². The molecular formula is C15H22N2O3S. The number of hydrogen-bond donors (Lipinski definition) is 0. The van der Waals surface area contributed by atoms with Gasteiger partial charge in [-0.25, -0.2) is 8.42 Å². The molecule has 0 aromatic heterocycles. The van der Waals surface area contributed by atoms with Crippen molar-refractivity contribution in [3.8, 4) is 0 Å². The molecule has 0 bridgehead atoms. The third kappa shape index (κ3) is 3.83. The lowest BCUT2D eigenvalue weighted by molar-refractivity contribution is -0.132. The molecule has 1 amide bonds. The van der Waals surface area contributed by atoms with Crippen LogP contribution in [0.2, 0.25) is 0 Å². The second kappa shape index (κ2) is 6.58. The summed E-state index contributed by atoms with van der Waals surface area (Å²) in [6.45, 7) is 3.45. The van der Waals surface area contributed by atoms with Gasteiger partial charge < -0.3 is 4.90 Å². The molecule has 1 atom stereocenters. The topological polar surface area (TPSA) is 57.7 Å². The van der Waals surface area contributed by atoms with Gasteiger partial charge in [-0.15, -0.1) is 0 Å². The van der Waals surface area contributed by atoms with Crippen molar-refractivity contribution in [1.82, 2.24) is 9.21 Å². The summed E-state index contributed by atoms with van der Waals surface area (Å²) in [5.74, 6) is 0.363. The molecule has 21 heavy (non-hydrogen) atoms. The first kappa shape index (κ1) is 16.0. The first-order valence-corrected chi connectivity index (χ1v) is 8.64. The first-order valence-electron chi connectivity index (χ1n) is 7.20. The van der Waals surface area contributed by atoms with Gasteiger partial charge in [0.05, 0.1) is 11.4 Å². The number of amides is 1. The maximum Gasteiger partial charge on any atom is 0.243 e. The van der Waals surface area contributed by atoms with Crippen molar-refractivity contribution >= 4 is 15.9 Å². The van der Waals surface area contributed by atoms with Gasteiger partial charge in [0, 0.05) is 20.1 Å². The van der Waals surface area contributed by atoms with Crippen LogP contribution in [0.5, 0.6) is 0 Å². The van der Waals surface area contributed by atoms with Gasteiger partial charge in [0.15, 0.2) is 0 Å². The Morgan fingerprint density at radius 2 is 2.00 bits per heavy atom. The van der Waals surface area contributed by atoms with Crippen molar-refractivity contribution in [2.45, 2.75) is 24.7 Å². The van der Waals surface area contributed by atoms with Crippen LogP contribution >= 0.6 is 0 Å². The standard InChI is InChI=1S/C15H22N2O3S/c1-13-7-6-10-17(11-13)15(18)12-16(2)21(19,20)14-8-4-3-5-9-14/h3-5,8-9,13H,6-7,10-12H2,1-2H3/t13-/m1/s1. The highest BCUT2D eigenvalue weighted by Crippen LogP contribution is 2.17. The van der Waals surface area contributed by atoms with Gasteiger partial charge in [0.2, 0.25) is 15.9 Å². The molecule has 1 heterocycles. The van der Waals surface area contributed by atoms with E-state index in [-0.39, 0.29) is 17.3 Å². The molecule has 1 aromatic carbocycles. The molecule has 0 unspecified atom stereocenters. The van der Waals surface area contributed by atoms with Crippen LogP contribution in [0.1, 0.15) is 19.8 Å². The van der Waals surface area contributed by atoms with Gasteiger partial charge in [-0.2, -0.15) is 4.31 Å². The van der Waals surface area contributed by atoms with Crippen molar-refractivity contribution < 1.29 is 13.2 Å². The fraction of sp³-hybridized carbons (Fsp3) is 0.533. The van der Waals surface area contributed by atoms with Crippen LogP contribution in [0.4, 0.5) is 0 Å². The molecule has 0 saturated carbocycles. The normalized spacial score (nSPS) is 19.8. The summed E-state index contributed by atoms with van der Waals surface area (Å²) in [7, 11) is -2.15. The van der Waals surface area contributed by atoms with Gasteiger partial charge in [-0.05, 0) is 30.9 Å². The Morgan fingerprint density at radius 3 is 2.62 bits per heavy atom. The maximum atomic E-state index is 12.4. The van der Waals surface area contributed by atoms with Gasteiger partial charge in [-0.3, -0.25) is 4.79 Å². The van der Waals surface area contributed by atoms with Crippen molar-refractivity contribution in [2.75, 3.05) is 26.7 Å². The molecule has 116 valence electrons. The number of hydrogen-bond acceptors (Lipinski definition) is 3. The summed E-state index contributed by atoms with van der Waals surface area (Å²) in [4.78, 5) is 14.2. The number of sulfonamides is 1. The highest BCUT2D eigenvalue weighted by Gasteiger charge is 2.26. The van der Waals surface area contributed by atoms with E-state index >= 15 is 0 Å². The van der Waals surface area contributed by atoms with E-state index in [0.29, 0.717) is 5.92 Å². The minimum absolute atomic E-state index is 0.107. The fourth-order valence-electron chi connectivity index (χ4n) is 2.56. The summed E-state index contributed by atoms with van der Waals surface area (Å²) >= 11 is 0. The van der Waals surface area contributed by atoms with E-state index in [1.807, 2.05) is 0 Å². The van der Waals surface area contributed by atoms with Crippen LogP contribution in [-0.4, -0.2) is 50.2 Å². The minimum atomic E-state index is -3.60. The van der Waals surface area contributed by atoms with E-state index in [4.69, 9.17) is 0 Å². The van der Waals surface area contributed by atoms with Gasteiger partial charge in [-0.1, -0.05) is 25.1 Å². The van der Waals surface area contributed by atoms with E-state index in [2.05, 4.69) is 6.92 Å². The predicted molar refractivity (Wildman–Crippen MR) is 81.2 cm³/mol. The molecule has 1 aliphatic heterocycles. The Bertz CT molecular complexity index is 586. The monoisotopic (exact) mass is 310 g/mol. The van der Waals surface area contributed by atoms with Crippen LogP contribution in [-0.2, 0) is 14.8 Å². The zero-order valence-corrected chi connectivity index (χ0v) is 13.3. The molecule has 5 nitrogen and oxygen atoms in total. The molecule has 0 radical (unpaired) electrons. The van der Waals surface area contributed by atoms with Crippen molar-refractivity contribution in [3.05, 3.63) is 30.3 Å². The molecule has 1 aliphatic rings. The number of benzene rings is 1. The zero-order valence-electron chi connectivity index (χ0n) is 12.5. The van der Waals surface area contributed by atoms with Crippen molar-refractivity contribution in [3.63, 3.8) is 0 Å². The Hall–Kier alpha value is -1.40. The number of rotatable bonds is 4. The Morgan fingerprint density at radius 1 is 1.33 bits per heavy atom. The SMILES string of the molecule is C[C@@H]1CCCN(C(=O)CN(C)S(=O)(=O)c2ccccc2)C1. The minimum Gasteiger partial charge on any atom is -0.341 e. The molecule has 0 aliphatic carbocycles. The number of carbonyl (C=O) groups is 1. The molecule has 6 heteroatoms. The van der Waals surface area contributed by atoms with Crippen LogP contribution in [0.15, 0.2) is 35.2 Å². The first-order chi connectivity index (χ1) is 9.91. The lowest BCUT2D eigenvalue weighted by atomic mass is 10.0. The molecule has 0 spiro atoms. The summed E-state index contributed by atoms with van der Waals surface area (Å²) in [5, 5.41) is 0. The number of carbonyl (C=O) groups excluding carboxylic acids is 1. The van der Waals surface area contributed by atoms with Gasteiger partial charge in [0.25, 0.3) is 0 Å². The average Bonchev–Trinajstić information content (AvgIpc) is 2.48. The Labute approximate surface area is 126 Å². The number of nitrogens with zero attached hydrogens (tertiary/aromatic N) is 2. The number of piperidine rings is 1. The average molecular weight is 310 g/mol. The second-order valence-corrected chi connectivity index (χ2v) is 7.71. The third-order valence-corrected chi connectivity index (χ3v) is 5.64. The smallest absolute Gasteiger partial charge is 0.243 e. The molecule has 1 fully saturated rings. The van der Waals surface area contributed by atoms with Crippen molar-refractivity contribution in [1.29, 1.82) is 0 Å². The van der Waals surface area contributed by atoms with Crippen LogP contribution in [0.25, 0.3) is 0 Å². The summed E-state index contributed by atoms with van der Waals surface area (Å²) in [5.41, 5.74) is 0. The Kier molecular flexibility index (Phi) is 5.00.